The van der Waals surface area contributed by atoms with Crippen molar-refractivity contribution in [3.8, 4) is 5.75 Å². The SMILES string of the molecule is CCCNC(C)c1cc(Br)ccc1OCCCC(F)(F)F. The van der Waals surface area contributed by atoms with E-state index in [1.165, 1.54) is 0 Å². The number of benzene rings is 1. The molecular formula is C15H21BrF3NO. The summed E-state index contributed by atoms with van der Waals surface area (Å²) in [7, 11) is 0. The van der Waals surface area contributed by atoms with Crippen LogP contribution >= 0.6 is 15.9 Å². The second kappa shape index (κ2) is 8.63. The van der Waals surface area contributed by atoms with E-state index in [9.17, 15) is 13.2 Å². The molecule has 0 spiro atoms. The molecule has 120 valence electrons. The van der Waals surface area contributed by atoms with Gasteiger partial charge in [-0.05, 0) is 44.5 Å². The van der Waals surface area contributed by atoms with Crippen molar-refractivity contribution in [2.45, 2.75) is 45.3 Å². The maximum atomic E-state index is 12.1. The lowest BCUT2D eigenvalue weighted by atomic mass is 10.1. The van der Waals surface area contributed by atoms with Crippen LogP contribution in [0.2, 0.25) is 0 Å². The topological polar surface area (TPSA) is 21.3 Å². The molecule has 0 saturated carbocycles. The van der Waals surface area contributed by atoms with Gasteiger partial charge in [-0.15, -0.1) is 0 Å². The van der Waals surface area contributed by atoms with E-state index >= 15 is 0 Å². The number of ether oxygens (including phenoxy) is 1. The second-order valence-corrected chi connectivity index (χ2v) is 5.84. The summed E-state index contributed by atoms with van der Waals surface area (Å²) in [5.74, 6) is 0.636. The molecule has 0 aliphatic heterocycles. The average molecular weight is 368 g/mol. The van der Waals surface area contributed by atoms with Crippen molar-refractivity contribution in [3.63, 3.8) is 0 Å². The molecule has 0 amide bonds. The first-order valence-electron chi connectivity index (χ1n) is 7.06. The number of nitrogens with one attached hydrogen (secondary N) is 1. The van der Waals surface area contributed by atoms with Crippen LogP contribution in [0.1, 0.15) is 44.7 Å². The smallest absolute Gasteiger partial charge is 0.389 e. The normalized spacial score (nSPS) is 13.2. The minimum atomic E-state index is -4.12. The van der Waals surface area contributed by atoms with Gasteiger partial charge in [0.1, 0.15) is 5.75 Å². The summed E-state index contributed by atoms with van der Waals surface area (Å²) in [6.07, 6.45) is -3.96. The zero-order chi connectivity index (χ0) is 15.9. The highest BCUT2D eigenvalue weighted by Gasteiger charge is 2.26. The summed E-state index contributed by atoms with van der Waals surface area (Å²) in [6, 6.07) is 5.64. The van der Waals surface area contributed by atoms with Crippen LogP contribution in [0.25, 0.3) is 0 Å². The van der Waals surface area contributed by atoms with E-state index in [1.807, 2.05) is 19.1 Å². The van der Waals surface area contributed by atoms with Gasteiger partial charge in [0.2, 0.25) is 0 Å². The molecule has 0 aliphatic rings. The number of hydrogen-bond donors (Lipinski definition) is 1. The zero-order valence-corrected chi connectivity index (χ0v) is 13.9. The molecule has 0 heterocycles. The van der Waals surface area contributed by atoms with E-state index in [4.69, 9.17) is 4.74 Å². The molecule has 2 nitrogen and oxygen atoms in total. The fourth-order valence-electron chi connectivity index (χ4n) is 1.91. The Hall–Kier alpha value is -0.750. The highest BCUT2D eigenvalue weighted by molar-refractivity contribution is 9.10. The first-order chi connectivity index (χ1) is 9.83. The molecule has 6 heteroatoms. The average Bonchev–Trinajstić information content (AvgIpc) is 2.41. The Morgan fingerprint density at radius 3 is 2.67 bits per heavy atom. The molecular weight excluding hydrogens is 347 g/mol. The molecule has 1 rings (SSSR count). The van der Waals surface area contributed by atoms with E-state index in [1.54, 1.807) is 6.07 Å². The molecule has 0 radical (unpaired) electrons. The molecule has 1 N–H and O–H groups in total. The predicted octanol–water partition coefficient (Wildman–Crippen LogP) is 5.23. The summed E-state index contributed by atoms with van der Waals surface area (Å²) in [5.41, 5.74) is 0.949. The van der Waals surface area contributed by atoms with Crippen molar-refractivity contribution in [2.24, 2.45) is 0 Å². The van der Waals surface area contributed by atoms with E-state index in [-0.39, 0.29) is 19.1 Å². The lowest BCUT2D eigenvalue weighted by Crippen LogP contribution is -2.20. The van der Waals surface area contributed by atoms with Crippen molar-refractivity contribution >= 4 is 15.9 Å². The van der Waals surface area contributed by atoms with Crippen LogP contribution in [0.15, 0.2) is 22.7 Å². The van der Waals surface area contributed by atoms with Crippen LogP contribution in [0.5, 0.6) is 5.75 Å². The van der Waals surface area contributed by atoms with Gasteiger partial charge in [0.05, 0.1) is 6.61 Å². The van der Waals surface area contributed by atoms with Crippen molar-refractivity contribution in [1.29, 1.82) is 0 Å². The predicted molar refractivity (Wildman–Crippen MR) is 81.6 cm³/mol. The largest absolute Gasteiger partial charge is 0.493 e. The Bertz CT molecular complexity index is 437. The lowest BCUT2D eigenvalue weighted by Gasteiger charge is -2.19. The summed E-state index contributed by atoms with van der Waals surface area (Å²) < 4.78 is 42.8. The fourth-order valence-corrected chi connectivity index (χ4v) is 2.29. The Kier molecular flexibility index (Phi) is 7.52. The van der Waals surface area contributed by atoms with Crippen molar-refractivity contribution < 1.29 is 17.9 Å². The van der Waals surface area contributed by atoms with Gasteiger partial charge in [-0.3, -0.25) is 0 Å². The molecule has 0 aromatic heterocycles. The first-order valence-corrected chi connectivity index (χ1v) is 7.85. The van der Waals surface area contributed by atoms with Crippen LogP contribution in [0.4, 0.5) is 13.2 Å². The van der Waals surface area contributed by atoms with Gasteiger partial charge in [-0.1, -0.05) is 22.9 Å². The Labute approximate surface area is 132 Å². The third kappa shape index (κ3) is 7.18. The second-order valence-electron chi connectivity index (χ2n) is 4.93. The third-order valence-electron chi connectivity index (χ3n) is 3.00. The van der Waals surface area contributed by atoms with Gasteiger partial charge in [0.25, 0.3) is 0 Å². The van der Waals surface area contributed by atoms with Crippen molar-refractivity contribution in [3.05, 3.63) is 28.2 Å². The number of alkyl halides is 3. The Morgan fingerprint density at radius 1 is 1.33 bits per heavy atom. The minimum Gasteiger partial charge on any atom is -0.493 e. The van der Waals surface area contributed by atoms with Gasteiger partial charge in [-0.2, -0.15) is 13.2 Å². The molecule has 1 unspecified atom stereocenters. The molecule has 0 aliphatic carbocycles. The maximum Gasteiger partial charge on any atom is 0.389 e. The van der Waals surface area contributed by atoms with Gasteiger partial charge >= 0.3 is 6.18 Å². The Balaban J connectivity index is 2.64. The summed E-state index contributed by atoms with van der Waals surface area (Å²) >= 11 is 3.41. The molecule has 0 saturated heterocycles. The van der Waals surface area contributed by atoms with Crippen molar-refractivity contribution in [2.75, 3.05) is 13.2 Å². The van der Waals surface area contributed by atoms with Crippen LogP contribution < -0.4 is 10.1 Å². The van der Waals surface area contributed by atoms with E-state index in [0.717, 1.165) is 23.0 Å². The monoisotopic (exact) mass is 367 g/mol. The van der Waals surface area contributed by atoms with Gasteiger partial charge in [0.15, 0.2) is 0 Å². The Morgan fingerprint density at radius 2 is 2.05 bits per heavy atom. The highest BCUT2D eigenvalue weighted by atomic mass is 79.9. The fraction of sp³-hybridized carbons (Fsp3) is 0.600. The van der Waals surface area contributed by atoms with Gasteiger partial charge in [0, 0.05) is 22.5 Å². The molecule has 1 aromatic rings. The van der Waals surface area contributed by atoms with Crippen LogP contribution in [-0.4, -0.2) is 19.3 Å². The zero-order valence-electron chi connectivity index (χ0n) is 12.3. The van der Waals surface area contributed by atoms with E-state index in [2.05, 4.69) is 28.2 Å². The van der Waals surface area contributed by atoms with E-state index < -0.39 is 12.6 Å². The van der Waals surface area contributed by atoms with E-state index in [0.29, 0.717) is 5.75 Å². The number of hydrogen-bond acceptors (Lipinski definition) is 2. The molecule has 1 aromatic carbocycles. The lowest BCUT2D eigenvalue weighted by molar-refractivity contribution is -0.136. The summed E-state index contributed by atoms with van der Waals surface area (Å²) in [6.45, 7) is 5.03. The third-order valence-corrected chi connectivity index (χ3v) is 3.49. The minimum absolute atomic E-state index is 0.0320. The molecule has 0 fully saturated rings. The number of rotatable bonds is 8. The van der Waals surface area contributed by atoms with Gasteiger partial charge in [-0.25, -0.2) is 0 Å². The highest BCUT2D eigenvalue weighted by Crippen LogP contribution is 2.29. The molecule has 21 heavy (non-hydrogen) atoms. The summed E-state index contributed by atoms with van der Waals surface area (Å²) in [4.78, 5) is 0. The maximum absolute atomic E-state index is 12.1. The molecule has 0 bridgehead atoms. The van der Waals surface area contributed by atoms with Crippen LogP contribution in [-0.2, 0) is 0 Å². The standard InChI is InChI=1S/C15H21BrF3NO/c1-3-8-20-11(2)13-10-12(16)5-6-14(13)21-9-4-7-15(17,18)19/h5-6,10-11,20H,3-4,7-9H2,1-2H3. The van der Waals surface area contributed by atoms with Crippen LogP contribution in [0, 0.1) is 0 Å². The first kappa shape index (κ1) is 18.3. The quantitative estimate of drug-likeness (QED) is 0.635. The van der Waals surface area contributed by atoms with Gasteiger partial charge < -0.3 is 10.1 Å². The van der Waals surface area contributed by atoms with Crippen molar-refractivity contribution in [1.82, 2.24) is 5.32 Å². The summed E-state index contributed by atoms with van der Waals surface area (Å²) in [5, 5.41) is 3.35. The molecule has 1 atom stereocenters. The number of halogens is 4. The van der Waals surface area contributed by atoms with Crippen LogP contribution in [0.3, 0.4) is 0 Å².